The molecule has 0 spiro atoms. The van der Waals surface area contributed by atoms with Gasteiger partial charge in [0.15, 0.2) is 0 Å². The maximum atomic E-state index is 13.6. The molecule has 7 rings (SSSR count). The van der Waals surface area contributed by atoms with Crippen molar-refractivity contribution in [2.75, 3.05) is 37.9 Å². The molecule has 0 saturated carbocycles. The maximum Gasteiger partial charge on any atom is 0.343 e. The third-order valence-electron chi connectivity index (χ3n) is 7.68. The van der Waals surface area contributed by atoms with Crippen LogP contribution in [0.1, 0.15) is 27.6 Å². The number of ether oxygens (including phenoxy) is 5. The van der Waals surface area contributed by atoms with Gasteiger partial charge in [-0.25, -0.2) is 4.79 Å². The quantitative estimate of drug-likeness (QED) is 0.0996. The molecule has 2 fully saturated rings. The molecule has 0 N–H and O–H groups in total. The lowest BCUT2D eigenvalue weighted by Gasteiger charge is -2.22. The average Bonchev–Trinajstić information content (AvgIpc) is 3.99. The van der Waals surface area contributed by atoms with E-state index in [2.05, 4.69) is 0 Å². The molecular formula is C36H31NO7. The van der Waals surface area contributed by atoms with E-state index in [4.69, 9.17) is 23.7 Å². The molecule has 5 aromatic rings. The molecule has 5 aromatic carbocycles. The number of nitrogens with zero attached hydrogens (tertiary/aromatic N) is 1. The zero-order valence-corrected chi connectivity index (χ0v) is 24.2. The summed E-state index contributed by atoms with van der Waals surface area (Å²) in [6.07, 6.45) is 0.374. The second kappa shape index (κ2) is 12.0. The minimum atomic E-state index is -0.479. The van der Waals surface area contributed by atoms with E-state index >= 15 is 0 Å². The van der Waals surface area contributed by atoms with Gasteiger partial charge in [-0.3, -0.25) is 4.79 Å². The minimum Gasteiger partial charge on any atom is -0.491 e. The van der Waals surface area contributed by atoms with Gasteiger partial charge in [0.05, 0.1) is 18.8 Å². The first-order chi connectivity index (χ1) is 21.5. The molecule has 0 aliphatic carbocycles. The Morgan fingerprint density at radius 1 is 0.682 bits per heavy atom. The predicted molar refractivity (Wildman–Crippen MR) is 167 cm³/mol. The van der Waals surface area contributed by atoms with Gasteiger partial charge in [0, 0.05) is 23.9 Å². The highest BCUT2D eigenvalue weighted by atomic mass is 16.6. The van der Waals surface area contributed by atoms with E-state index < -0.39 is 5.97 Å². The maximum absolute atomic E-state index is 13.6. The summed E-state index contributed by atoms with van der Waals surface area (Å²) < 4.78 is 27.7. The average molecular weight is 590 g/mol. The Labute approximate surface area is 254 Å². The van der Waals surface area contributed by atoms with E-state index in [-0.39, 0.29) is 18.1 Å². The summed E-state index contributed by atoms with van der Waals surface area (Å²) in [5.41, 5.74) is 1.63. The first-order valence-electron chi connectivity index (χ1n) is 14.7. The molecular weight excluding hydrogens is 558 g/mol. The topological polar surface area (TPSA) is 90.1 Å². The summed E-state index contributed by atoms with van der Waals surface area (Å²) in [6, 6.07) is 29.6. The Kier molecular flexibility index (Phi) is 7.60. The lowest BCUT2D eigenvalue weighted by Crippen LogP contribution is -2.30. The van der Waals surface area contributed by atoms with Crippen LogP contribution < -0.4 is 19.1 Å². The van der Waals surface area contributed by atoms with E-state index in [0.717, 1.165) is 46.3 Å². The third kappa shape index (κ3) is 6.37. The summed E-state index contributed by atoms with van der Waals surface area (Å²) in [7, 11) is 0. The zero-order valence-electron chi connectivity index (χ0n) is 24.2. The normalized spacial score (nSPS) is 16.8. The number of hydrogen-bond donors (Lipinski definition) is 0. The number of rotatable bonds is 11. The Balaban J connectivity index is 1.04. The monoisotopic (exact) mass is 589 g/mol. The van der Waals surface area contributed by atoms with Gasteiger partial charge in [-0.05, 0) is 89.1 Å². The molecule has 0 radical (unpaired) electrons. The van der Waals surface area contributed by atoms with Crippen LogP contribution in [-0.2, 0) is 9.47 Å². The van der Waals surface area contributed by atoms with Gasteiger partial charge in [0.2, 0.25) is 0 Å². The van der Waals surface area contributed by atoms with Gasteiger partial charge in [-0.1, -0.05) is 30.3 Å². The van der Waals surface area contributed by atoms with Crippen LogP contribution in [0.3, 0.4) is 0 Å². The molecule has 2 atom stereocenters. The van der Waals surface area contributed by atoms with Gasteiger partial charge >= 0.3 is 5.97 Å². The zero-order chi connectivity index (χ0) is 30.0. The molecule has 2 aliphatic heterocycles. The second-order valence-corrected chi connectivity index (χ2v) is 10.9. The molecule has 2 heterocycles. The third-order valence-corrected chi connectivity index (χ3v) is 7.68. The van der Waals surface area contributed by atoms with Gasteiger partial charge in [-0.2, -0.15) is 0 Å². The number of benzene rings is 5. The first-order valence-corrected chi connectivity index (χ1v) is 14.7. The van der Waals surface area contributed by atoms with Crippen molar-refractivity contribution in [3.63, 3.8) is 0 Å². The Hall–Kier alpha value is -4.92. The van der Waals surface area contributed by atoms with Crippen molar-refractivity contribution in [2.45, 2.75) is 19.1 Å². The SMILES string of the molecule is CCN(C(=O)c1ccc2cc(OCC3CO3)ccc2c1)c1cccc(OC(=O)c2ccc3cc(OCC4CO4)ccc3c2)c1. The lowest BCUT2D eigenvalue weighted by molar-refractivity contribution is 0.0735. The van der Waals surface area contributed by atoms with Crippen LogP contribution in [0.15, 0.2) is 97.1 Å². The highest BCUT2D eigenvalue weighted by Crippen LogP contribution is 2.28. The highest BCUT2D eigenvalue weighted by Gasteiger charge is 2.24. The smallest absolute Gasteiger partial charge is 0.343 e. The fourth-order valence-electron chi connectivity index (χ4n) is 5.07. The lowest BCUT2D eigenvalue weighted by atomic mass is 10.1. The van der Waals surface area contributed by atoms with Gasteiger partial charge in [0.25, 0.3) is 5.91 Å². The molecule has 44 heavy (non-hydrogen) atoms. The number of esters is 1. The summed E-state index contributed by atoms with van der Waals surface area (Å²) in [4.78, 5) is 28.4. The number of hydrogen-bond acceptors (Lipinski definition) is 7. The first kappa shape index (κ1) is 27.9. The fourth-order valence-corrected chi connectivity index (χ4v) is 5.07. The molecule has 1 amide bonds. The number of carbonyl (C=O) groups is 2. The van der Waals surface area contributed by atoms with Crippen LogP contribution in [0, 0.1) is 0 Å². The summed E-state index contributed by atoms with van der Waals surface area (Å²) >= 11 is 0. The summed E-state index contributed by atoms with van der Waals surface area (Å²) in [5, 5.41) is 3.79. The van der Waals surface area contributed by atoms with Crippen molar-refractivity contribution in [2.24, 2.45) is 0 Å². The number of anilines is 1. The van der Waals surface area contributed by atoms with Crippen LogP contribution in [0.2, 0.25) is 0 Å². The number of fused-ring (bicyclic) bond motifs is 2. The molecule has 0 aromatic heterocycles. The van der Waals surface area contributed by atoms with Crippen LogP contribution in [0.5, 0.6) is 17.2 Å². The van der Waals surface area contributed by atoms with Gasteiger partial charge in [-0.15, -0.1) is 0 Å². The van der Waals surface area contributed by atoms with Crippen molar-refractivity contribution in [3.05, 3.63) is 108 Å². The number of carbonyl (C=O) groups excluding carboxylic acids is 2. The van der Waals surface area contributed by atoms with E-state index in [0.29, 0.717) is 42.3 Å². The Morgan fingerprint density at radius 3 is 1.82 bits per heavy atom. The van der Waals surface area contributed by atoms with Crippen LogP contribution >= 0.6 is 0 Å². The van der Waals surface area contributed by atoms with Crippen LogP contribution in [-0.4, -0.2) is 57.1 Å². The molecule has 8 nitrogen and oxygen atoms in total. The van der Waals surface area contributed by atoms with E-state index in [9.17, 15) is 9.59 Å². The van der Waals surface area contributed by atoms with Gasteiger partial charge in [0.1, 0.15) is 42.7 Å². The van der Waals surface area contributed by atoms with Crippen molar-refractivity contribution >= 4 is 39.1 Å². The second-order valence-electron chi connectivity index (χ2n) is 10.9. The molecule has 2 unspecified atom stereocenters. The fraction of sp³-hybridized carbons (Fsp3) is 0.222. The highest BCUT2D eigenvalue weighted by molar-refractivity contribution is 6.08. The van der Waals surface area contributed by atoms with Gasteiger partial charge < -0.3 is 28.6 Å². The van der Waals surface area contributed by atoms with Crippen molar-refractivity contribution in [3.8, 4) is 17.2 Å². The Bertz CT molecular complexity index is 1860. The van der Waals surface area contributed by atoms with Crippen LogP contribution in [0.25, 0.3) is 21.5 Å². The number of epoxide rings is 2. The summed E-state index contributed by atoms with van der Waals surface area (Å²) in [5.74, 6) is 1.26. The van der Waals surface area contributed by atoms with E-state index in [1.807, 2.05) is 73.7 Å². The van der Waals surface area contributed by atoms with Crippen LogP contribution in [0.4, 0.5) is 5.69 Å². The molecule has 0 bridgehead atoms. The van der Waals surface area contributed by atoms with E-state index in [1.165, 1.54) is 0 Å². The molecule has 2 saturated heterocycles. The van der Waals surface area contributed by atoms with Crippen molar-refractivity contribution in [1.29, 1.82) is 0 Å². The van der Waals surface area contributed by atoms with Crippen molar-refractivity contribution < 1.29 is 33.3 Å². The van der Waals surface area contributed by atoms with Crippen molar-refractivity contribution in [1.82, 2.24) is 0 Å². The molecule has 8 heteroatoms. The summed E-state index contributed by atoms with van der Waals surface area (Å²) in [6.45, 7) is 4.92. The Morgan fingerprint density at radius 2 is 1.23 bits per heavy atom. The number of amides is 1. The predicted octanol–water partition coefficient (Wildman–Crippen LogP) is 6.43. The largest absolute Gasteiger partial charge is 0.491 e. The minimum absolute atomic E-state index is 0.147. The van der Waals surface area contributed by atoms with E-state index in [1.54, 1.807) is 35.2 Å². The standard InChI is InChI=1S/C36H31NO7/c1-2-37(35(38)27-8-6-25-16-30(12-10-23(25)14-27)40-19-33-21-42-33)29-4-3-5-32(18-29)44-36(39)28-9-7-26-17-31(13-11-24(26)15-28)41-20-34-22-43-34/h3-18,33-34H,2,19-22H2,1H3. The molecule has 2 aliphatic rings. The molecule has 222 valence electrons.